The van der Waals surface area contributed by atoms with Crippen molar-refractivity contribution in [2.24, 2.45) is 4.99 Å². The molecule has 5 nitrogen and oxygen atoms in total. The molecule has 0 saturated heterocycles. The second kappa shape index (κ2) is 9.37. The van der Waals surface area contributed by atoms with Crippen LogP contribution in [0.4, 0.5) is 0 Å². The molecule has 0 bridgehead atoms. The second-order valence-electron chi connectivity index (χ2n) is 5.57. The number of aromatic nitrogens is 1. The molecule has 2 aromatic rings. The Balaban J connectivity index is 1.86. The normalized spacial score (nSPS) is 12.9. The maximum absolute atomic E-state index is 5.57. The van der Waals surface area contributed by atoms with Gasteiger partial charge in [0.25, 0.3) is 0 Å². The molecule has 0 amide bonds. The highest BCUT2D eigenvalue weighted by Crippen LogP contribution is 2.21. The van der Waals surface area contributed by atoms with Crippen molar-refractivity contribution in [3.63, 3.8) is 0 Å². The van der Waals surface area contributed by atoms with E-state index in [9.17, 15) is 0 Å². The van der Waals surface area contributed by atoms with Crippen LogP contribution >= 0.6 is 11.8 Å². The molecule has 1 heterocycles. The highest BCUT2D eigenvalue weighted by atomic mass is 32.2. The van der Waals surface area contributed by atoms with Crippen molar-refractivity contribution in [1.29, 1.82) is 0 Å². The second-order valence-corrected chi connectivity index (χ2v) is 7.08. The molecule has 0 radical (unpaired) electrons. The molecule has 0 fully saturated rings. The first kappa shape index (κ1) is 18.4. The molecule has 130 valence electrons. The van der Waals surface area contributed by atoms with Crippen LogP contribution in [-0.2, 0) is 6.54 Å². The monoisotopic (exact) mass is 346 g/mol. The lowest BCUT2D eigenvalue weighted by Gasteiger charge is -2.15. The van der Waals surface area contributed by atoms with Crippen molar-refractivity contribution in [2.45, 2.75) is 44.4 Å². The molecule has 0 aliphatic heterocycles. The van der Waals surface area contributed by atoms with Gasteiger partial charge >= 0.3 is 0 Å². The third kappa shape index (κ3) is 5.92. The number of hydrogen-bond acceptors (Lipinski definition) is 4. The summed E-state index contributed by atoms with van der Waals surface area (Å²) in [6, 6.07) is 10.4. The third-order valence-corrected chi connectivity index (χ3v) is 4.54. The van der Waals surface area contributed by atoms with Crippen molar-refractivity contribution in [1.82, 2.24) is 15.6 Å². The molecule has 2 N–H and O–H groups in total. The van der Waals surface area contributed by atoms with Crippen LogP contribution in [0.25, 0.3) is 0 Å². The zero-order valence-corrected chi connectivity index (χ0v) is 15.6. The van der Waals surface area contributed by atoms with E-state index in [1.807, 2.05) is 31.7 Å². The topological polar surface area (TPSA) is 62.5 Å². The molecule has 24 heavy (non-hydrogen) atoms. The van der Waals surface area contributed by atoms with Crippen LogP contribution in [0.2, 0.25) is 0 Å². The molecule has 1 aromatic carbocycles. The Kier molecular flexibility index (Phi) is 7.18. The molecular weight excluding hydrogens is 320 g/mol. The van der Waals surface area contributed by atoms with Crippen molar-refractivity contribution in [3.8, 4) is 0 Å². The summed E-state index contributed by atoms with van der Waals surface area (Å²) in [5, 5.41) is 7.07. The Hall–Kier alpha value is -1.95. The predicted octanol–water partition coefficient (Wildman–Crippen LogP) is 3.53. The van der Waals surface area contributed by atoms with Crippen LogP contribution in [0.15, 0.2) is 44.6 Å². The summed E-state index contributed by atoms with van der Waals surface area (Å²) >= 11 is 1.85. The average Bonchev–Trinajstić information content (AvgIpc) is 2.89. The number of aryl methyl sites for hydroxylation is 2. The van der Waals surface area contributed by atoms with Gasteiger partial charge in [-0.2, -0.15) is 0 Å². The third-order valence-electron chi connectivity index (χ3n) is 3.43. The van der Waals surface area contributed by atoms with Crippen LogP contribution in [-0.4, -0.2) is 29.3 Å². The Labute approximate surface area is 148 Å². The van der Waals surface area contributed by atoms with E-state index in [1.165, 1.54) is 4.90 Å². The van der Waals surface area contributed by atoms with Crippen LogP contribution in [0, 0.1) is 13.8 Å². The Morgan fingerprint density at radius 1 is 1.25 bits per heavy atom. The fraction of sp³-hybridized carbons (Fsp3) is 0.444. The summed E-state index contributed by atoms with van der Waals surface area (Å²) in [4.78, 5) is 10.2. The predicted molar refractivity (Wildman–Crippen MR) is 101 cm³/mol. The fourth-order valence-corrected chi connectivity index (χ4v) is 3.05. The van der Waals surface area contributed by atoms with Gasteiger partial charge in [0.2, 0.25) is 5.89 Å². The van der Waals surface area contributed by atoms with Crippen LogP contribution < -0.4 is 10.6 Å². The van der Waals surface area contributed by atoms with E-state index in [4.69, 9.17) is 4.42 Å². The number of aliphatic imine (C=N–C) groups is 1. The number of benzene rings is 1. The lowest BCUT2D eigenvalue weighted by molar-refractivity contribution is 0.473. The first-order valence-electron chi connectivity index (χ1n) is 8.25. The fourth-order valence-electron chi connectivity index (χ4n) is 2.11. The number of thioether (sulfide) groups is 1. The highest BCUT2D eigenvalue weighted by Gasteiger charge is 2.08. The molecule has 1 unspecified atom stereocenters. The van der Waals surface area contributed by atoms with Gasteiger partial charge < -0.3 is 15.1 Å². The molecular formula is C18H26N4OS. The number of nitrogens with one attached hydrogen (secondary N) is 2. The smallest absolute Gasteiger partial charge is 0.216 e. The zero-order chi connectivity index (χ0) is 17.4. The van der Waals surface area contributed by atoms with Gasteiger partial charge in [0.05, 0.1) is 5.69 Å². The SMILES string of the molecule is CCNC(=NCc1nc(C)c(C)o1)NCC(C)Sc1ccccc1. The van der Waals surface area contributed by atoms with Gasteiger partial charge in [-0.3, -0.25) is 0 Å². The maximum Gasteiger partial charge on any atom is 0.216 e. The van der Waals surface area contributed by atoms with Gasteiger partial charge in [-0.05, 0) is 32.9 Å². The molecule has 2 rings (SSSR count). The number of oxazole rings is 1. The summed E-state index contributed by atoms with van der Waals surface area (Å²) < 4.78 is 5.57. The molecule has 0 spiro atoms. The molecule has 6 heteroatoms. The summed E-state index contributed by atoms with van der Waals surface area (Å²) in [6.45, 7) is 10.2. The number of hydrogen-bond donors (Lipinski definition) is 2. The standard InChI is InChI=1S/C18H26N4OS/c1-5-19-18(21-12-17-22-14(3)15(4)23-17)20-11-13(2)24-16-9-7-6-8-10-16/h6-10,13H,5,11-12H2,1-4H3,(H2,19,20,21). The minimum atomic E-state index is 0.433. The van der Waals surface area contributed by atoms with Crippen molar-refractivity contribution in [2.75, 3.05) is 13.1 Å². The number of nitrogens with zero attached hydrogens (tertiary/aromatic N) is 2. The van der Waals surface area contributed by atoms with E-state index < -0.39 is 0 Å². The van der Waals surface area contributed by atoms with Crippen molar-refractivity contribution >= 4 is 17.7 Å². The van der Waals surface area contributed by atoms with E-state index in [1.54, 1.807) is 0 Å². The van der Waals surface area contributed by atoms with Gasteiger partial charge in [0.15, 0.2) is 5.96 Å². The highest BCUT2D eigenvalue weighted by molar-refractivity contribution is 8.00. The molecule has 0 saturated carbocycles. The molecule has 1 aromatic heterocycles. The van der Waals surface area contributed by atoms with Crippen LogP contribution in [0.5, 0.6) is 0 Å². The Morgan fingerprint density at radius 3 is 2.62 bits per heavy atom. The minimum absolute atomic E-state index is 0.433. The van der Waals surface area contributed by atoms with Gasteiger partial charge in [-0.25, -0.2) is 9.98 Å². The largest absolute Gasteiger partial charge is 0.444 e. The molecule has 0 aliphatic carbocycles. The lowest BCUT2D eigenvalue weighted by atomic mass is 10.4. The summed E-state index contributed by atoms with van der Waals surface area (Å²) in [5.74, 6) is 2.28. The minimum Gasteiger partial charge on any atom is -0.444 e. The first-order valence-corrected chi connectivity index (χ1v) is 9.13. The van der Waals surface area contributed by atoms with Gasteiger partial charge in [0, 0.05) is 23.2 Å². The quantitative estimate of drug-likeness (QED) is 0.456. The van der Waals surface area contributed by atoms with Crippen LogP contribution in [0.3, 0.4) is 0 Å². The van der Waals surface area contributed by atoms with Crippen molar-refractivity contribution < 1.29 is 4.42 Å². The van der Waals surface area contributed by atoms with Gasteiger partial charge in [-0.15, -0.1) is 11.8 Å². The van der Waals surface area contributed by atoms with E-state index in [0.29, 0.717) is 17.7 Å². The Bertz CT molecular complexity index is 635. The summed E-state index contributed by atoms with van der Waals surface area (Å²) in [7, 11) is 0. The summed E-state index contributed by atoms with van der Waals surface area (Å²) in [5.41, 5.74) is 0.922. The average molecular weight is 347 g/mol. The lowest BCUT2D eigenvalue weighted by Crippen LogP contribution is -2.40. The molecule has 1 atom stereocenters. The maximum atomic E-state index is 5.57. The van der Waals surface area contributed by atoms with Crippen molar-refractivity contribution in [3.05, 3.63) is 47.7 Å². The van der Waals surface area contributed by atoms with Gasteiger partial charge in [0.1, 0.15) is 12.3 Å². The van der Waals surface area contributed by atoms with Crippen LogP contribution in [0.1, 0.15) is 31.2 Å². The van der Waals surface area contributed by atoms with E-state index >= 15 is 0 Å². The van der Waals surface area contributed by atoms with E-state index in [2.05, 4.69) is 58.7 Å². The zero-order valence-electron chi connectivity index (χ0n) is 14.8. The Morgan fingerprint density at radius 2 is 2.00 bits per heavy atom. The molecule has 0 aliphatic rings. The number of guanidine groups is 1. The number of rotatable bonds is 7. The van der Waals surface area contributed by atoms with Gasteiger partial charge in [-0.1, -0.05) is 25.1 Å². The van der Waals surface area contributed by atoms with E-state index in [0.717, 1.165) is 30.5 Å². The summed E-state index contributed by atoms with van der Waals surface area (Å²) in [6.07, 6.45) is 0. The van der Waals surface area contributed by atoms with E-state index in [-0.39, 0.29) is 0 Å². The first-order chi connectivity index (χ1) is 11.6.